The number of hydrogen-bond donors (Lipinski definition) is 1. The molecule has 34 heavy (non-hydrogen) atoms. The molecular weight excluding hydrogens is 450 g/mol. The molecule has 0 bridgehead atoms. The van der Waals surface area contributed by atoms with E-state index in [9.17, 15) is 4.79 Å². The first-order valence-electron chi connectivity index (χ1n) is 10.9. The standard InChI is InChI=1S/C25H27N5O3S/c1-16-10-19(8-9-22(16)33-12-20-13-34-15-28-20)29-25-24-21(26-14-27-25)6-5-7-23(24)32-11-17(2)30(4)18(3)31/h5-10,13-15,17H,11-12H2,1-4H3,(H,26,27,29). The highest BCUT2D eigenvalue weighted by molar-refractivity contribution is 7.07. The Bertz CT molecular complexity index is 1270. The van der Waals surface area contributed by atoms with Gasteiger partial charge in [-0.25, -0.2) is 15.0 Å². The number of hydrogen-bond acceptors (Lipinski definition) is 8. The monoisotopic (exact) mass is 477 g/mol. The summed E-state index contributed by atoms with van der Waals surface area (Å²) in [4.78, 5) is 26.4. The predicted molar refractivity (Wildman–Crippen MR) is 134 cm³/mol. The zero-order chi connectivity index (χ0) is 24.1. The smallest absolute Gasteiger partial charge is 0.219 e. The number of benzene rings is 2. The lowest BCUT2D eigenvalue weighted by Crippen LogP contribution is -2.37. The summed E-state index contributed by atoms with van der Waals surface area (Å²) in [5, 5.41) is 6.15. The van der Waals surface area contributed by atoms with Crippen LogP contribution in [0.3, 0.4) is 0 Å². The summed E-state index contributed by atoms with van der Waals surface area (Å²) >= 11 is 1.55. The normalized spacial score (nSPS) is 11.8. The quantitative estimate of drug-likeness (QED) is 0.364. The third-order valence-corrected chi connectivity index (χ3v) is 6.19. The molecule has 0 radical (unpaired) electrons. The van der Waals surface area contributed by atoms with Crippen molar-refractivity contribution >= 4 is 39.7 Å². The van der Waals surface area contributed by atoms with Gasteiger partial charge < -0.3 is 19.7 Å². The molecule has 0 saturated carbocycles. The van der Waals surface area contributed by atoms with E-state index in [4.69, 9.17) is 9.47 Å². The number of carbonyl (C=O) groups excluding carboxylic acids is 1. The van der Waals surface area contributed by atoms with E-state index in [0.717, 1.165) is 33.6 Å². The molecule has 2 heterocycles. The van der Waals surface area contributed by atoms with Crippen LogP contribution in [0.25, 0.3) is 10.9 Å². The minimum absolute atomic E-state index is 0.00547. The summed E-state index contributed by atoms with van der Waals surface area (Å²) in [6.45, 7) is 6.28. The van der Waals surface area contributed by atoms with Crippen molar-refractivity contribution in [3.63, 3.8) is 0 Å². The molecular formula is C25H27N5O3S. The van der Waals surface area contributed by atoms with Crippen LogP contribution in [-0.2, 0) is 11.4 Å². The van der Waals surface area contributed by atoms with Crippen LogP contribution in [0.5, 0.6) is 11.5 Å². The Hall–Kier alpha value is -3.72. The Morgan fingerprint density at radius 2 is 2.00 bits per heavy atom. The third-order valence-electron chi connectivity index (χ3n) is 5.56. The molecule has 0 saturated heterocycles. The van der Waals surface area contributed by atoms with E-state index < -0.39 is 0 Å². The number of nitrogens with one attached hydrogen (secondary N) is 1. The van der Waals surface area contributed by atoms with Gasteiger partial charge in [0.25, 0.3) is 0 Å². The number of likely N-dealkylation sites (N-methyl/N-ethyl adjacent to an activating group) is 1. The number of amides is 1. The number of anilines is 2. The Kier molecular flexibility index (Phi) is 7.22. The van der Waals surface area contributed by atoms with Crippen LogP contribution >= 0.6 is 11.3 Å². The van der Waals surface area contributed by atoms with Crippen molar-refractivity contribution in [2.75, 3.05) is 19.0 Å². The first kappa shape index (κ1) is 23.4. The highest BCUT2D eigenvalue weighted by Gasteiger charge is 2.15. The Morgan fingerprint density at radius 3 is 2.74 bits per heavy atom. The van der Waals surface area contributed by atoms with Crippen molar-refractivity contribution in [2.45, 2.75) is 33.4 Å². The maximum atomic E-state index is 11.6. The number of carbonyl (C=O) groups is 1. The van der Waals surface area contributed by atoms with Gasteiger partial charge in [0.2, 0.25) is 5.91 Å². The molecule has 4 rings (SSSR count). The predicted octanol–water partition coefficient (Wildman–Crippen LogP) is 4.96. The summed E-state index contributed by atoms with van der Waals surface area (Å²) in [6, 6.07) is 11.5. The molecule has 0 fully saturated rings. The van der Waals surface area contributed by atoms with Gasteiger partial charge in [0.15, 0.2) is 0 Å². The fourth-order valence-electron chi connectivity index (χ4n) is 3.41. The molecule has 0 spiro atoms. The Labute approximate surface area is 202 Å². The maximum absolute atomic E-state index is 11.6. The lowest BCUT2D eigenvalue weighted by atomic mass is 10.1. The first-order valence-corrected chi connectivity index (χ1v) is 11.8. The largest absolute Gasteiger partial charge is 0.491 e. The Balaban J connectivity index is 1.53. The highest BCUT2D eigenvalue weighted by atomic mass is 32.1. The zero-order valence-corrected chi connectivity index (χ0v) is 20.4. The number of fused-ring (bicyclic) bond motifs is 1. The molecule has 8 nitrogen and oxygen atoms in total. The van der Waals surface area contributed by atoms with Gasteiger partial charge in [0.1, 0.15) is 36.9 Å². The van der Waals surface area contributed by atoms with E-state index >= 15 is 0 Å². The maximum Gasteiger partial charge on any atom is 0.219 e. The molecule has 1 N–H and O–H groups in total. The van der Waals surface area contributed by atoms with Gasteiger partial charge in [-0.15, -0.1) is 11.3 Å². The second-order valence-electron chi connectivity index (χ2n) is 8.04. The molecule has 0 aliphatic carbocycles. The van der Waals surface area contributed by atoms with Crippen molar-refractivity contribution in [2.24, 2.45) is 0 Å². The molecule has 0 aliphatic rings. The topological polar surface area (TPSA) is 89.5 Å². The van der Waals surface area contributed by atoms with Crippen molar-refractivity contribution in [3.8, 4) is 11.5 Å². The molecule has 0 aliphatic heterocycles. The highest BCUT2D eigenvalue weighted by Crippen LogP contribution is 2.32. The van der Waals surface area contributed by atoms with Gasteiger partial charge in [0.05, 0.1) is 28.1 Å². The summed E-state index contributed by atoms with van der Waals surface area (Å²) in [5.41, 5.74) is 5.34. The van der Waals surface area contributed by atoms with Crippen LogP contribution in [0.2, 0.25) is 0 Å². The second-order valence-corrected chi connectivity index (χ2v) is 8.75. The molecule has 1 unspecified atom stereocenters. The lowest BCUT2D eigenvalue weighted by Gasteiger charge is -2.24. The summed E-state index contributed by atoms with van der Waals surface area (Å²) < 4.78 is 12.0. The minimum atomic E-state index is -0.0757. The van der Waals surface area contributed by atoms with Crippen LogP contribution in [0.1, 0.15) is 25.1 Å². The minimum Gasteiger partial charge on any atom is -0.491 e. The summed E-state index contributed by atoms with van der Waals surface area (Å²) in [5.74, 6) is 2.10. The Morgan fingerprint density at radius 1 is 1.15 bits per heavy atom. The van der Waals surface area contributed by atoms with Crippen LogP contribution in [-0.4, -0.2) is 45.5 Å². The zero-order valence-electron chi connectivity index (χ0n) is 19.6. The number of ether oxygens (including phenoxy) is 2. The fraction of sp³-hybridized carbons (Fsp3) is 0.280. The SMILES string of the molecule is CC(=O)N(C)C(C)COc1cccc2ncnc(Nc3ccc(OCc4cscn4)c(C)c3)c12. The van der Waals surface area contributed by atoms with Gasteiger partial charge in [0, 0.05) is 25.0 Å². The van der Waals surface area contributed by atoms with E-state index in [1.54, 1.807) is 35.7 Å². The average Bonchev–Trinajstić information content (AvgIpc) is 3.35. The first-order chi connectivity index (χ1) is 16.4. The van der Waals surface area contributed by atoms with E-state index in [0.29, 0.717) is 24.8 Å². The summed E-state index contributed by atoms with van der Waals surface area (Å²) in [7, 11) is 1.77. The van der Waals surface area contributed by atoms with E-state index in [1.807, 2.05) is 55.6 Å². The molecule has 1 atom stereocenters. The average molecular weight is 478 g/mol. The van der Waals surface area contributed by atoms with Crippen molar-refractivity contribution in [1.29, 1.82) is 0 Å². The molecule has 2 aromatic carbocycles. The van der Waals surface area contributed by atoms with Crippen LogP contribution in [0, 0.1) is 6.92 Å². The van der Waals surface area contributed by atoms with Crippen LogP contribution in [0.15, 0.2) is 53.6 Å². The van der Waals surface area contributed by atoms with Crippen molar-refractivity contribution in [3.05, 3.63) is 64.9 Å². The van der Waals surface area contributed by atoms with E-state index in [1.165, 1.54) is 6.33 Å². The summed E-state index contributed by atoms with van der Waals surface area (Å²) in [6.07, 6.45) is 1.53. The van der Waals surface area contributed by atoms with Gasteiger partial charge >= 0.3 is 0 Å². The van der Waals surface area contributed by atoms with Gasteiger partial charge in [-0.2, -0.15) is 0 Å². The molecule has 1 amide bonds. The van der Waals surface area contributed by atoms with E-state index in [-0.39, 0.29) is 11.9 Å². The number of thiazole rings is 1. The number of rotatable bonds is 9. The van der Waals surface area contributed by atoms with Crippen LogP contribution in [0.4, 0.5) is 11.5 Å². The number of nitrogens with zero attached hydrogens (tertiary/aromatic N) is 4. The van der Waals surface area contributed by atoms with Gasteiger partial charge in [-0.3, -0.25) is 4.79 Å². The number of aromatic nitrogens is 3. The van der Waals surface area contributed by atoms with Crippen LogP contribution < -0.4 is 14.8 Å². The second kappa shape index (κ2) is 10.5. The van der Waals surface area contributed by atoms with Crippen molar-refractivity contribution < 1.29 is 14.3 Å². The van der Waals surface area contributed by atoms with Gasteiger partial charge in [-0.1, -0.05) is 6.07 Å². The molecule has 4 aromatic rings. The third kappa shape index (κ3) is 5.43. The molecule has 176 valence electrons. The molecule has 2 aromatic heterocycles. The number of aryl methyl sites for hydroxylation is 1. The fourth-order valence-corrected chi connectivity index (χ4v) is 3.96. The van der Waals surface area contributed by atoms with Gasteiger partial charge in [-0.05, 0) is 49.7 Å². The molecule has 9 heteroatoms. The van der Waals surface area contributed by atoms with Crippen molar-refractivity contribution in [1.82, 2.24) is 19.9 Å². The van der Waals surface area contributed by atoms with E-state index in [2.05, 4.69) is 20.3 Å². The lowest BCUT2D eigenvalue weighted by molar-refractivity contribution is -0.129.